The predicted octanol–water partition coefficient (Wildman–Crippen LogP) is 1.49. The van der Waals surface area contributed by atoms with Gasteiger partial charge in [0.05, 0.1) is 0 Å². The van der Waals surface area contributed by atoms with Crippen molar-refractivity contribution in [3.05, 3.63) is 0 Å². The van der Waals surface area contributed by atoms with Gasteiger partial charge in [-0.3, -0.25) is 0 Å². The van der Waals surface area contributed by atoms with Crippen LogP contribution in [0.2, 0.25) is 0 Å². The first-order chi connectivity index (χ1) is 3.35. The Kier molecular flexibility index (Phi) is 10.2. The van der Waals surface area contributed by atoms with Crippen LogP contribution in [0, 0.1) is 0 Å². The van der Waals surface area contributed by atoms with Crippen LogP contribution < -0.4 is 0 Å². The van der Waals surface area contributed by atoms with Gasteiger partial charge < -0.3 is 5.48 Å². The van der Waals surface area contributed by atoms with Crippen molar-refractivity contribution in [2.24, 2.45) is 0 Å². The van der Waals surface area contributed by atoms with Crippen LogP contribution in [0.15, 0.2) is 0 Å². The number of rotatable bonds is 3. The molecule has 0 bridgehead atoms. The molecule has 2 heteroatoms. The Morgan fingerprint density at radius 3 is 1.12 bits per heavy atom. The highest BCUT2D eigenvalue weighted by atomic mass is 32.2. The lowest BCUT2D eigenvalue weighted by molar-refractivity contribution is 0.824. The fourth-order valence-electron chi connectivity index (χ4n) is 0.612. The van der Waals surface area contributed by atoms with Crippen LogP contribution in [-0.4, -0.2) is 22.7 Å². The van der Waals surface area contributed by atoms with Crippen molar-refractivity contribution in [3.63, 3.8) is 0 Å². The zero-order valence-electron chi connectivity index (χ0n) is 5.98. The van der Waals surface area contributed by atoms with E-state index in [0.717, 1.165) is 10.9 Å². The molecule has 52 valence electrons. The first-order valence-electron chi connectivity index (χ1n) is 2.99. The summed E-state index contributed by atoms with van der Waals surface area (Å²) in [5.74, 6) is 4.15. The molecule has 1 N–H and O–H groups in total. The van der Waals surface area contributed by atoms with Crippen molar-refractivity contribution in [1.29, 1.82) is 0 Å². The Morgan fingerprint density at radius 1 is 0.875 bits per heavy atom. The topological polar surface area (TPSA) is 30.0 Å². The Bertz CT molecular complexity index is 30.0. The summed E-state index contributed by atoms with van der Waals surface area (Å²) in [5.41, 5.74) is 0. The van der Waals surface area contributed by atoms with Crippen LogP contribution in [0.3, 0.4) is 0 Å². The van der Waals surface area contributed by atoms with Gasteiger partial charge in [-0.2, -0.15) is 0 Å². The van der Waals surface area contributed by atoms with Gasteiger partial charge in [-0.15, -0.1) is 0 Å². The summed E-state index contributed by atoms with van der Waals surface area (Å²) in [6, 6.07) is 0. The molecule has 0 atom stereocenters. The van der Waals surface area contributed by atoms with Gasteiger partial charge in [0.15, 0.2) is 0 Å². The normalized spacial score (nSPS) is 9.00. The quantitative estimate of drug-likeness (QED) is 0.540. The molecular formula is C6H16OS. The van der Waals surface area contributed by atoms with Crippen LogP contribution in [-0.2, 0) is 10.9 Å². The molecule has 0 aromatic rings. The van der Waals surface area contributed by atoms with E-state index in [9.17, 15) is 0 Å². The molecule has 0 aliphatic carbocycles. The van der Waals surface area contributed by atoms with Gasteiger partial charge in [-0.25, -0.2) is 0 Å². The second kappa shape index (κ2) is 7.31. The van der Waals surface area contributed by atoms with E-state index in [1.807, 2.05) is 0 Å². The molecule has 0 aliphatic heterocycles. The summed E-state index contributed by atoms with van der Waals surface area (Å²) in [6.07, 6.45) is 0. The van der Waals surface area contributed by atoms with Gasteiger partial charge in [0.2, 0.25) is 0 Å². The minimum Gasteiger partial charge on any atom is -0.870 e. The van der Waals surface area contributed by atoms with Gasteiger partial charge in [-0.1, -0.05) is 0 Å². The second-order valence-corrected chi connectivity index (χ2v) is 4.44. The molecule has 8 heavy (non-hydrogen) atoms. The molecule has 0 radical (unpaired) electrons. The van der Waals surface area contributed by atoms with Gasteiger partial charge in [0.1, 0.15) is 17.3 Å². The molecule has 0 fully saturated rings. The highest BCUT2D eigenvalue weighted by molar-refractivity contribution is 7.96. The molecule has 0 heterocycles. The molecule has 0 spiro atoms. The number of hydrogen-bond donors (Lipinski definition) is 0. The van der Waals surface area contributed by atoms with E-state index in [4.69, 9.17) is 0 Å². The third-order valence-corrected chi connectivity index (χ3v) is 3.67. The standard InChI is InChI=1S/C6H15S.H2O/c1-4-7(5-2)6-3;/h4-6H2,1-3H3;1H2/q+1;/p-1. The van der Waals surface area contributed by atoms with Gasteiger partial charge in [0.25, 0.3) is 0 Å². The van der Waals surface area contributed by atoms with E-state index < -0.39 is 0 Å². The Balaban J connectivity index is 0. The summed E-state index contributed by atoms with van der Waals surface area (Å²) in [4.78, 5) is 0. The van der Waals surface area contributed by atoms with Crippen molar-refractivity contribution in [3.8, 4) is 0 Å². The molecule has 0 saturated heterocycles. The lowest BCUT2D eigenvalue weighted by atomic mass is 10.9. The van der Waals surface area contributed by atoms with E-state index in [0.29, 0.717) is 0 Å². The Morgan fingerprint density at radius 2 is 1.12 bits per heavy atom. The monoisotopic (exact) mass is 136 g/mol. The van der Waals surface area contributed by atoms with Crippen molar-refractivity contribution in [1.82, 2.24) is 0 Å². The number of hydrogen-bond acceptors (Lipinski definition) is 1. The van der Waals surface area contributed by atoms with E-state index in [1.54, 1.807) is 0 Å². The maximum absolute atomic E-state index is 2.27. The molecule has 0 unspecified atom stereocenters. The van der Waals surface area contributed by atoms with E-state index in [-0.39, 0.29) is 5.48 Å². The fourth-order valence-corrected chi connectivity index (χ4v) is 1.84. The average molecular weight is 136 g/mol. The summed E-state index contributed by atoms with van der Waals surface area (Å²) in [6.45, 7) is 6.82. The third kappa shape index (κ3) is 4.47. The molecule has 1 nitrogen and oxygen atoms in total. The van der Waals surface area contributed by atoms with Crippen LogP contribution >= 0.6 is 0 Å². The van der Waals surface area contributed by atoms with E-state index in [2.05, 4.69) is 20.8 Å². The predicted molar refractivity (Wildman–Crippen MR) is 40.9 cm³/mol. The smallest absolute Gasteiger partial charge is 0.105 e. The van der Waals surface area contributed by atoms with E-state index >= 15 is 0 Å². The fraction of sp³-hybridized carbons (Fsp3) is 1.00. The lowest BCUT2D eigenvalue weighted by Crippen LogP contribution is -2.09. The maximum Gasteiger partial charge on any atom is 0.105 e. The molecule has 0 amide bonds. The van der Waals surface area contributed by atoms with Crippen LogP contribution in [0.25, 0.3) is 0 Å². The Hall–Kier alpha value is 0.310. The summed E-state index contributed by atoms with van der Waals surface area (Å²) >= 11 is 0. The second-order valence-electron chi connectivity index (χ2n) is 1.48. The molecular weight excluding hydrogens is 120 g/mol. The molecule has 0 saturated carbocycles. The Labute approximate surface area is 55.1 Å². The molecule has 0 aromatic heterocycles. The molecule has 0 aromatic carbocycles. The van der Waals surface area contributed by atoms with Gasteiger partial charge in [0, 0.05) is 0 Å². The summed E-state index contributed by atoms with van der Waals surface area (Å²) < 4.78 is 0. The zero-order valence-corrected chi connectivity index (χ0v) is 6.79. The summed E-state index contributed by atoms with van der Waals surface area (Å²) in [7, 11) is 0.755. The first kappa shape index (κ1) is 11.2. The first-order valence-corrected chi connectivity index (χ1v) is 4.72. The highest BCUT2D eigenvalue weighted by Crippen LogP contribution is 1.92. The minimum absolute atomic E-state index is 0. The minimum atomic E-state index is 0. The van der Waals surface area contributed by atoms with Gasteiger partial charge in [-0.05, 0) is 31.7 Å². The SMILES string of the molecule is CC[S+](CC)CC.[OH-]. The zero-order chi connectivity index (χ0) is 5.70. The summed E-state index contributed by atoms with van der Waals surface area (Å²) in [5, 5.41) is 0. The van der Waals surface area contributed by atoms with Crippen LogP contribution in [0.5, 0.6) is 0 Å². The van der Waals surface area contributed by atoms with Crippen molar-refractivity contribution < 1.29 is 5.48 Å². The largest absolute Gasteiger partial charge is 0.870 e. The van der Waals surface area contributed by atoms with Crippen molar-refractivity contribution >= 4 is 10.9 Å². The third-order valence-electron chi connectivity index (χ3n) is 1.22. The lowest BCUT2D eigenvalue weighted by Gasteiger charge is -1.96. The van der Waals surface area contributed by atoms with Crippen molar-refractivity contribution in [2.45, 2.75) is 20.8 Å². The molecule has 0 rings (SSSR count). The maximum atomic E-state index is 2.27. The van der Waals surface area contributed by atoms with Crippen LogP contribution in [0.4, 0.5) is 0 Å². The molecule has 0 aliphatic rings. The van der Waals surface area contributed by atoms with Crippen molar-refractivity contribution in [2.75, 3.05) is 17.3 Å². The van der Waals surface area contributed by atoms with Gasteiger partial charge >= 0.3 is 0 Å². The van der Waals surface area contributed by atoms with Crippen LogP contribution in [0.1, 0.15) is 20.8 Å². The highest BCUT2D eigenvalue weighted by Gasteiger charge is 2.05. The average Bonchev–Trinajstić information content (AvgIpc) is 1.72. The van der Waals surface area contributed by atoms with E-state index in [1.165, 1.54) is 17.3 Å².